The molecular formula is C9H11N2. The molecule has 1 aromatic heterocycles. The minimum absolute atomic E-state index is 0.271. The second-order valence-electron chi connectivity index (χ2n) is 3.73. The van der Waals surface area contributed by atoms with Crippen molar-refractivity contribution in [3.05, 3.63) is 23.5 Å². The first-order chi connectivity index (χ1) is 5.17. The third kappa shape index (κ3) is 1.09. The Bertz CT molecular complexity index is 294. The van der Waals surface area contributed by atoms with E-state index in [1.165, 1.54) is 5.69 Å². The number of hydrogen-bond donors (Lipinski definition) is 1. The van der Waals surface area contributed by atoms with Crippen molar-refractivity contribution < 1.29 is 0 Å². The molecule has 0 unspecified atom stereocenters. The maximum atomic E-state index is 3.87. The Labute approximate surface area is 66.3 Å². The fraction of sp³-hybridized carbons (Fsp3) is 0.444. The molecule has 2 nitrogen and oxygen atoms in total. The first-order valence-electron chi connectivity index (χ1n) is 3.82. The molecule has 1 aromatic rings. The number of hydrogen-bond acceptors (Lipinski definition) is 1. The van der Waals surface area contributed by atoms with Gasteiger partial charge in [-0.25, -0.2) is 0 Å². The molecule has 1 aliphatic rings. The third-order valence-electron chi connectivity index (χ3n) is 2.03. The fourth-order valence-corrected chi connectivity index (χ4v) is 1.38. The molecular weight excluding hydrogens is 136 g/mol. The van der Waals surface area contributed by atoms with E-state index in [2.05, 4.69) is 42.4 Å². The second kappa shape index (κ2) is 1.97. The first kappa shape index (κ1) is 6.65. The van der Waals surface area contributed by atoms with Crippen molar-refractivity contribution >= 4 is 6.08 Å². The molecule has 1 aliphatic carbocycles. The summed E-state index contributed by atoms with van der Waals surface area (Å²) in [5, 5.41) is 6.82. The zero-order valence-corrected chi connectivity index (χ0v) is 6.81. The van der Waals surface area contributed by atoms with Crippen LogP contribution < -0.4 is 0 Å². The second-order valence-corrected chi connectivity index (χ2v) is 3.73. The molecule has 1 N–H and O–H groups in total. The van der Waals surface area contributed by atoms with Crippen LogP contribution in [0, 0.1) is 11.6 Å². The number of aromatic amines is 1. The largest absolute Gasteiger partial charge is 0.281 e. The van der Waals surface area contributed by atoms with E-state index in [9.17, 15) is 0 Å². The molecule has 0 aliphatic heterocycles. The van der Waals surface area contributed by atoms with Crippen molar-refractivity contribution in [3.63, 3.8) is 0 Å². The molecule has 0 atom stereocenters. The van der Waals surface area contributed by atoms with Crippen LogP contribution in [0.3, 0.4) is 0 Å². The molecule has 0 spiro atoms. The molecule has 0 saturated carbocycles. The van der Waals surface area contributed by atoms with Crippen LogP contribution in [-0.2, 0) is 6.42 Å². The summed E-state index contributed by atoms with van der Waals surface area (Å²) in [5.74, 6) is 0. The molecule has 0 saturated heterocycles. The van der Waals surface area contributed by atoms with Crippen LogP contribution in [0.1, 0.15) is 25.1 Å². The highest BCUT2D eigenvalue weighted by molar-refractivity contribution is 5.54. The summed E-state index contributed by atoms with van der Waals surface area (Å²) in [6, 6.07) is 0. The zero-order chi connectivity index (χ0) is 7.90. The lowest BCUT2D eigenvalue weighted by atomic mass is 9.83. The van der Waals surface area contributed by atoms with Crippen LogP contribution in [0.4, 0.5) is 0 Å². The minimum Gasteiger partial charge on any atom is -0.281 e. The maximum Gasteiger partial charge on any atom is 0.120 e. The summed E-state index contributed by atoms with van der Waals surface area (Å²) in [6.07, 6.45) is 8.24. The van der Waals surface area contributed by atoms with E-state index in [1.54, 1.807) is 0 Å². The van der Waals surface area contributed by atoms with Gasteiger partial charge in [0.05, 0.1) is 0 Å². The van der Waals surface area contributed by atoms with Crippen molar-refractivity contribution in [2.24, 2.45) is 5.41 Å². The Balaban J connectivity index is 2.44. The van der Waals surface area contributed by atoms with Crippen LogP contribution in [0.25, 0.3) is 6.08 Å². The molecule has 2 heteroatoms. The summed E-state index contributed by atoms with van der Waals surface area (Å²) in [6.45, 7) is 4.43. The Morgan fingerprint density at radius 3 is 3.27 bits per heavy atom. The molecule has 0 amide bonds. The van der Waals surface area contributed by atoms with E-state index in [0.717, 1.165) is 12.0 Å². The number of allylic oxidation sites excluding steroid dienone is 1. The van der Waals surface area contributed by atoms with Gasteiger partial charge in [0.2, 0.25) is 0 Å². The van der Waals surface area contributed by atoms with Crippen molar-refractivity contribution in [1.82, 2.24) is 10.2 Å². The van der Waals surface area contributed by atoms with Crippen molar-refractivity contribution in [2.75, 3.05) is 0 Å². The maximum absolute atomic E-state index is 3.87. The topological polar surface area (TPSA) is 28.7 Å². The van der Waals surface area contributed by atoms with Crippen LogP contribution in [-0.4, -0.2) is 10.2 Å². The molecule has 57 valence electrons. The zero-order valence-electron chi connectivity index (χ0n) is 6.81. The highest BCUT2D eigenvalue weighted by Gasteiger charge is 2.21. The van der Waals surface area contributed by atoms with E-state index in [1.807, 2.05) is 0 Å². The predicted molar refractivity (Wildman–Crippen MR) is 43.9 cm³/mol. The molecule has 1 radical (unpaired) electrons. The Morgan fingerprint density at radius 1 is 1.64 bits per heavy atom. The normalized spacial score (nSPS) is 19.8. The van der Waals surface area contributed by atoms with Gasteiger partial charge in [-0.2, -0.15) is 5.10 Å². The summed E-state index contributed by atoms with van der Waals surface area (Å²) in [4.78, 5) is 0. The van der Waals surface area contributed by atoms with Crippen LogP contribution in [0.15, 0.2) is 6.08 Å². The Morgan fingerprint density at radius 2 is 2.45 bits per heavy atom. The van der Waals surface area contributed by atoms with Crippen molar-refractivity contribution in [3.8, 4) is 0 Å². The summed E-state index contributed by atoms with van der Waals surface area (Å²) in [5.41, 5.74) is 2.59. The van der Waals surface area contributed by atoms with Gasteiger partial charge in [0.1, 0.15) is 6.20 Å². The van der Waals surface area contributed by atoms with Gasteiger partial charge in [0.25, 0.3) is 0 Å². The fourth-order valence-electron chi connectivity index (χ4n) is 1.38. The van der Waals surface area contributed by atoms with Gasteiger partial charge in [-0.3, -0.25) is 5.10 Å². The monoisotopic (exact) mass is 147 g/mol. The average Bonchev–Trinajstić information content (AvgIpc) is 2.31. The SMILES string of the molecule is CC1(C)C=Cc2[c]n[nH]c2C1. The van der Waals surface area contributed by atoms with E-state index in [4.69, 9.17) is 0 Å². The molecule has 1 heterocycles. The van der Waals surface area contributed by atoms with Gasteiger partial charge in [0.15, 0.2) is 0 Å². The first-order valence-corrected chi connectivity index (χ1v) is 3.82. The number of nitrogens with one attached hydrogen (secondary N) is 1. The van der Waals surface area contributed by atoms with Crippen LogP contribution in [0.5, 0.6) is 0 Å². The number of rotatable bonds is 0. The number of nitrogens with zero attached hydrogens (tertiary/aromatic N) is 1. The molecule has 0 fully saturated rings. The van der Waals surface area contributed by atoms with Crippen molar-refractivity contribution in [1.29, 1.82) is 0 Å². The lowest BCUT2D eigenvalue weighted by Crippen LogP contribution is -2.15. The molecule has 0 bridgehead atoms. The van der Waals surface area contributed by atoms with Gasteiger partial charge in [-0.05, 0) is 11.8 Å². The van der Waals surface area contributed by atoms with E-state index in [-0.39, 0.29) is 5.41 Å². The lowest BCUT2D eigenvalue weighted by Gasteiger charge is -2.22. The van der Waals surface area contributed by atoms with Gasteiger partial charge >= 0.3 is 0 Å². The number of aromatic nitrogens is 2. The van der Waals surface area contributed by atoms with Crippen LogP contribution >= 0.6 is 0 Å². The van der Waals surface area contributed by atoms with E-state index >= 15 is 0 Å². The van der Waals surface area contributed by atoms with Gasteiger partial charge < -0.3 is 0 Å². The van der Waals surface area contributed by atoms with Crippen LogP contribution in [0.2, 0.25) is 0 Å². The third-order valence-corrected chi connectivity index (χ3v) is 2.03. The average molecular weight is 147 g/mol. The van der Waals surface area contributed by atoms with E-state index in [0.29, 0.717) is 0 Å². The van der Waals surface area contributed by atoms with Crippen molar-refractivity contribution in [2.45, 2.75) is 20.3 Å². The molecule has 2 rings (SSSR count). The predicted octanol–water partition coefficient (Wildman–Crippen LogP) is 1.81. The summed E-state index contributed by atoms with van der Waals surface area (Å²) in [7, 11) is 0. The standard InChI is InChI=1S/C9H11N2/c1-9(2)4-3-7-6-10-11-8(7)5-9/h3-4H,5H2,1-2H3,(H,10,11). The number of H-pyrrole nitrogens is 1. The lowest BCUT2D eigenvalue weighted by molar-refractivity contribution is 0.468. The summed E-state index contributed by atoms with van der Waals surface area (Å²) >= 11 is 0. The van der Waals surface area contributed by atoms with Gasteiger partial charge in [-0.15, -0.1) is 0 Å². The number of fused-ring (bicyclic) bond motifs is 1. The smallest absolute Gasteiger partial charge is 0.120 e. The van der Waals surface area contributed by atoms with E-state index < -0.39 is 0 Å². The Kier molecular flexibility index (Phi) is 1.19. The highest BCUT2D eigenvalue weighted by Crippen LogP contribution is 2.29. The van der Waals surface area contributed by atoms with Gasteiger partial charge in [0, 0.05) is 11.3 Å². The minimum atomic E-state index is 0.271. The highest BCUT2D eigenvalue weighted by atomic mass is 15.1. The van der Waals surface area contributed by atoms with Gasteiger partial charge in [-0.1, -0.05) is 26.0 Å². The Hall–Kier alpha value is -1.05. The summed E-state index contributed by atoms with van der Waals surface area (Å²) < 4.78 is 0. The quantitative estimate of drug-likeness (QED) is 0.595. The molecule has 11 heavy (non-hydrogen) atoms. The molecule has 0 aromatic carbocycles.